The van der Waals surface area contributed by atoms with E-state index in [0.717, 1.165) is 10.9 Å². The number of hydrogen-bond donors (Lipinski definition) is 1. The van der Waals surface area contributed by atoms with Gasteiger partial charge in [-0.05, 0) is 18.6 Å². The highest BCUT2D eigenvalue weighted by Crippen LogP contribution is 2.17. The van der Waals surface area contributed by atoms with E-state index < -0.39 is 11.2 Å². The number of anilines is 1. The Kier molecular flexibility index (Phi) is 2.45. The number of aromatic nitrogens is 3. The highest BCUT2D eigenvalue weighted by atomic mass is 32.2. The largest absolute Gasteiger partial charge is 0.609 e. The van der Waals surface area contributed by atoms with Crippen molar-refractivity contribution in [3.63, 3.8) is 0 Å². The van der Waals surface area contributed by atoms with Gasteiger partial charge in [0, 0.05) is 22.8 Å². The zero-order valence-corrected chi connectivity index (χ0v) is 9.21. The first-order valence-electron chi connectivity index (χ1n) is 4.31. The molecule has 2 aromatic rings. The summed E-state index contributed by atoms with van der Waals surface area (Å²) in [5.41, 5.74) is 7.06. The Morgan fingerprint density at radius 1 is 1.40 bits per heavy atom. The highest BCUT2D eigenvalue weighted by Gasteiger charge is 2.11. The van der Waals surface area contributed by atoms with Gasteiger partial charge in [-0.3, -0.25) is 0 Å². The lowest BCUT2D eigenvalue weighted by Gasteiger charge is -2.04. The molecule has 0 saturated carbocycles. The van der Waals surface area contributed by atoms with Gasteiger partial charge >= 0.3 is 5.16 Å². The molecule has 0 aromatic carbocycles. The number of pyridine rings is 1. The van der Waals surface area contributed by atoms with Crippen LogP contribution in [-0.2, 0) is 11.2 Å². The van der Waals surface area contributed by atoms with E-state index in [1.54, 1.807) is 12.3 Å². The zero-order chi connectivity index (χ0) is 11.0. The summed E-state index contributed by atoms with van der Waals surface area (Å²) >= 11 is -1.20. The summed E-state index contributed by atoms with van der Waals surface area (Å²) in [4.78, 5) is 12.2. The first kappa shape index (κ1) is 10.1. The number of nitrogens with two attached hydrogens (primary N) is 1. The van der Waals surface area contributed by atoms with E-state index in [0.29, 0.717) is 11.5 Å². The molecule has 2 heterocycles. The SMILES string of the molecule is Cc1cc(N)nc2nc([S+](C)[O-])ncc12. The summed E-state index contributed by atoms with van der Waals surface area (Å²) in [6, 6.07) is 1.76. The molecule has 0 radical (unpaired) electrons. The second-order valence-electron chi connectivity index (χ2n) is 3.21. The molecule has 15 heavy (non-hydrogen) atoms. The lowest BCUT2D eigenvalue weighted by Crippen LogP contribution is -2.05. The molecule has 0 fully saturated rings. The summed E-state index contributed by atoms with van der Waals surface area (Å²) in [6.07, 6.45) is 3.15. The van der Waals surface area contributed by atoms with Crippen molar-refractivity contribution in [1.29, 1.82) is 0 Å². The summed E-state index contributed by atoms with van der Waals surface area (Å²) in [5.74, 6) is 0.409. The number of nitrogen functional groups attached to an aromatic ring is 1. The number of hydrogen-bond acceptors (Lipinski definition) is 5. The number of nitrogens with zero attached hydrogens (tertiary/aromatic N) is 3. The molecule has 0 aliphatic heterocycles. The van der Waals surface area contributed by atoms with E-state index in [1.807, 2.05) is 6.92 Å². The summed E-state index contributed by atoms with van der Waals surface area (Å²) in [7, 11) is 0. The van der Waals surface area contributed by atoms with E-state index in [9.17, 15) is 4.55 Å². The van der Waals surface area contributed by atoms with E-state index in [4.69, 9.17) is 5.73 Å². The van der Waals surface area contributed by atoms with Crippen molar-refractivity contribution in [3.05, 3.63) is 17.8 Å². The fourth-order valence-corrected chi connectivity index (χ4v) is 1.73. The smallest absolute Gasteiger partial charge is 0.344 e. The Bertz CT molecular complexity index is 515. The van der Waals surface area contributed by atoms with Crippen LogP contribution >= 0.6 is 0 Å². The van der Waals surface area contributed by atoms with Crippen molar-refractivity contribution < 1.29 is 4.55 Å². The number of aryl methyl sites for hydroxylation is 1. The van der Waals surface area contributed by atoms with Gasteiger partial charge in [0.15, 0.2) is 5.65 Å². The molecule has 1 unspecified atom stereocenters. The molecule has 6 heteroatoms. The van der Waals surface area contributed by atoms with Gasteiger partial charge in [0.1, 0.15) is 12.1 Å². The molecule has 1 atom stereocenters. The third-order valence-electron chi connectivity index (χ3n) is 2.03. The van der Waals surface area contributed by atoms with Gasteiger partial charge in [-0.2, -0.15) is 9.97 Å². The summed E-state index contributed by atoms with van der Waals surface area (Å²) in [6.45, 7) is 1.91. The minimum atomic E-state index is -1.20. The molecule has 5 nitrogen and oxygen atoms in total. The van der Waals surface area contributed by atoms with Crippen molar-refractivity contribution in [2.75, 3.05) is 12.0 Å². The highest BCUT2D eigenvalue weighted by molar-refractivity contribution is 7.90. The Labute approximate surface area is 89.9 Å². The zero-order valence-electron chi connectivity index (χ0n) is 8.39. The molecular formula is C9H10N4OS. The van der Waals surface area contributed by atoms with Crippen LogP contribution in [0.1, 0.15) is 5.56 Å². The predicted molar refractivity (Wildman–Crippen MR) is 58.8 cm³/mol. The summed E-state index contributed by atoms with van der Waals surface area (Å²) < 4.78 is 11.2. The van der Waals surface area contributed by atoms with Gasteiger partial charge in [0.2, 0.25) is 0 Å². The second kappa shape index (κ2) is 3.63. The minimum Gasteiger partial charge on any atom is -0.609 e. The van der Waals surface area contributed by atoms with Crippen LogP contribution < -0.4 is 5.73 Å². The average molecular weight is 222 g/mol. The van der Waals surface area contributed by atoms with Crippen LogP contribution in [0.15, 0.2) is 17.4 Å². The van der Waals surface area contributed by atoms with Crippen LogP contribution in [0, 0.1) is 6.92 Å². The molecule has 0 saturated heterocycles. The van der Waals surface area contributed by atoms with E-state index >= 15 is 0 Å². The monoisotopic (exact) mass is 222 g/mol. The fourth-order valence-electron chi connectivity index (χ4n) is 1.31. The average Bonchev–Trinajstić information content (AvgIpc) is 2.16. The molecule has 0 aliphatic rings. The topological polar surface area (TPSA) is 87.8 Å². The van der Waals surface area contributed by atoms with Crippen LogP contribution in [-0.4, -0.2) is 25.8 Å². The van der Waals surface area contributed by atoms with Crippen LogP contribution in [0.5, 0.6) is 0 Å². The number of rotatable bonds is 1. The van der Waals surface area contributed by atoms with Gasteiger partial charge < -0.3 is 10.3 Å². The Balaban J connectivity index is 2.71. The maximum absolute atomic E-state index is 11.2. The molecule has 0 bridgehead atoms. The quantitative estimate of drug-likeness (QED) is 0.565. The van der Waals surface area contributed by atoms with E-state index in [1.165, 1.54) is 6.26 Å². The molecular weight excluding hydrogens is 212 g/mol. The Morgan fingerprint density at radius 3 is 2.80 bits per heavy atom. The first-order chi connectivity index (χ1) is 7.08. The lowest BCUT2D eigenvalue weighted by atomic mass is 10.2. The predicted octanol–water partition coefficient (Wildman–Crippen LogP) is 0.653. The van der Waals surface area contributed by atoms with E-state index in [2.05, 4.69) is 15.0 Å². The molecule has 2 rings (SSSR count). The van der Waals surface area contributed by atoms with Crippen molar-refractivity contribution in [2.45, 2.75) is 12.1 Å². The van der Waals surface area contributed by atoms with Crippen LogP contribution in [0.3, 0.4) is 0 Å². The molecule has 0 spiro atoms. The molecule has 78 valence electrons. The minimum absolute atomic E-state index is 0.278. The number of fused-ring (bicyclic) bond motifs is 1. The fraction of sp³-hybridized carbons (Fsp3) is 0.222. The van der Waals surface area contributed by atoms with Gasteiger partial charge in [-0.15, -0.1) is 0 Å². The van der Waals surface area contributed by atoms with Gasteiger partial charge in [0.05, 0.1) is 0 Å². The maximum atomic E-state index is 11.2. The third kappa shape index (κ3) is 1.86. The van der Waals surface area contributed by atoms with Crippen molar-refractivity contribution >= 4 is 28.0 Å². The molecule has 2 aromatic heterocycles. The van der Waals surface area contributed by atoms with Crippen molar-refractivity contribution in [1.82, 2.24) is 15.0 Å². The second-order valence-corrected chi connectivity index (χ2v) is 4.48. The van der Waals surface area contributed by atoms with Gasteiger partial charge in [-0.25, -0.2) is 4.98 Å². The van der Waals surface area contributed by atoms with Crippen molar-refractivity contribution in [2.24, 2.45) is 0 Å². The Morgan fingerprint density at radius 2 is 2.13 bits per heavy atom. The standard InChI is InChI=1S/C9H10N4OS/c1-5-3-7(10)12-8-6(5)4-11-9(13-8)15(2)14/h3-4H,1-2H3,(H2,10,11,12,13). The van der Waals surface area contributed by atoms with E-state index in [-0.39, 0.29) is 5.16 Å². The van der Waals surface area contributed by atoms with Crippen molar-refractivity contribution in [3.8, 4) is 0 Å². The Hall–Kier alpha value is -1.40. The normalized spacial score (nSPS) is 13.0. The first-order valence-corrected chi connectivity index (χ1v) is 5.87. The maximum Gasteiger partial charge on any atom is 0.344 e. The third-order valence-corrected chi connectivity index (χ3v) is 2.74. The molecule has 0 amide bonds. The van der Waals surface area contributed by atoms with Gasteiger partial charge in [0.25, 0.3) is 0 Å². The van der Waals surface area contributed by atoms with Crippen LogP contribution in [0.2, 0.25) is 0 Å². The van der Waals surface area contributed by atoms with Gasteiger partial charge in [-0.1, -0.05) is 0 Å². The molecule has 0 aliphatic carbocycles. The lowest BCUT2D eigenvalue weighted by molar-refractivity contribution is 0.592. The van der Waals surface area contributed by atoms with Crippen LogP contribution in [0.25, 0.3) is 11.0 Å². The summed E-state index contributed by atoms with van der Waals surface area (Å²) in [5, 5.41) is 1.11. The molecule has 2 N–H and O–H groups in total. The van der Waals surface area contributed by atoms with Crippen LogP contribution in [0.4, 0.5) is 5.82 Å².